The van der Waals surface area contributed by atoms with Gasteiger partial charge in [0, 0.05) is 36.6 Å². The van der Waals surface area contributed by atoms with Crippen molar-refractivity contribution in [2.45, 2.75) is 19.4 Å². The molecule has 1 fully saturated rings. The van der Waals surface area contributed by atoms with Crippen LogP contribution >= 0.6 is 0 Å². The lowest BCUT2D eigenvalue weighted by Gasteiger charge is -2.26. The van der Waals surface area contributed by atoms with Gasteiger partial charge in [-0.3, -0.25) is 0 Å². The van der Waals surface area contributed by atoms with Crippen molar-refractivity contribution in [1.82, 2.24) is 0 Å². The van der Waals surface area contributed by atoms with Gasteiger partial charge in [0.15, 0.2) is 9.84 Å². The van der Waals surface area contributed by atoms with E-state index in [1.54, 1.807) is 6.07 Å². The van der Waals surface area contributed by atoms with Crippen LogP contribution in [0.2, 0.25) is 0 Å². The Morgan fingerprint density at radius 2 is 2.16 bits per heavy atom. The van der Waals surface area contributed by atoms with Gasteiger partial charge in [-0.05, 0) is 19.4 Å². The third-order valence-corrected chi connectivity index (χ3v) is 5.14. The van der Waals surface area contributed by atoms with E-state index in [0.29, 0.717) is 24.5 Å². The van der Waals surface area contributed by atoms with Crippen molar-refractivity contribution in [2.24, 2.45) is 0 Å². The van der Waals surface area contributed by atoms with Crippen molar-refractivity contribution >= 4 is 21.2 Å². The van der Waals surface area contributed by atoms with Crippen LogP contribution in [-0.2, 0) is 9.84 Å². The molecule has 0 saturated carbocycles. The van der Waals surface area contributed by atoms with Crippen LogP contribution in [0.3, 0.4) is 0 Å². The smallest absolute Gasteiger partial charge is 0.152 e. The van der Waals surface area contributed by atoms with Gasteiger partial charge in [0.25, 0.3) is 0 Å². The normalized spacial score (nSPS) is 21.3. The van der Waals surface area contributed by atoms with Crippen LogP contribution in [0.25, 0.3) is 0 Å². The van der Waals surface area contributed by atoms with E-state index in [-0.39, 0.29) is 17.5 Å². The lowest BCUT2D eigenvalue weighted by molar-refractivity contribution is 0.340. The first kappa shape index (κ1) is 14.0. The standard InChI is InChI=1S/C13H20N2O3S/c1-3-18-13-7-10(14)6-12(8-13)15(2)11-4-5-19(16,17)9-11/h6-8,11H,3-5,9,14H2,1-2H3. The van der Waals surface area contributed by atoms with Crippen molar-refractivity contribution < 1.29 is 13.2 Å². The van der Waals surface area contributed by atoms with Gasteiger partial charge in [-0.15, -0.1) is 0 Å². The molecule has 2 rings (SSSR count). The predicted molar refractivity (Wildman–Crippen MR) is 77.5 cm³/mol. The highest BCUT2D eigenvalue weighted by Gasteiger charge is 2.31. The summed E-state index contributed by atoms with van der Waals surface area (Å²) >= 11 is 0. The van der Waals surface area contributed by atoms with Crippen LogP contribution in [0, 0.1) is 0 Å². The van der Waals surface area contributed by atoms with E-state index in [1.807, 2.05) is 31.0 Å². The lowest BCUT2D eigenvalue weighted by atomic mass is 10.2. The van der Waals surface area contributed by atoms with Crippen LogP contribution in [-0.4, -0.2) is 39.6 Å². The summed E-state index contributed by atoms with van der Waals surface area (Å²) in [5, 5.41) is 0. The number of anilines is 2. The monoisotopic (exact) mass is 284 g/mol. The van der Waals surface area contributed by atoms with Gasteiger partial charge >= 0.3 is 0 Å². The van der Waals surface area contributed by atoms with Crippen molar-refractivity contribution in [3.63, 3.8) is 0 Å². The Bertz CT molecular complexity index is 557. The Balaban J connectivity index is 2.21. The van der Waals surface area contributed by atoms with Gasteiger partial charge in [0.2, 0.25) is 0 Å². The van der Waals surface area contributed by atoms with Gasteiger partial charge in [0.1, 0.15) is 5.75 Å². The summed E-state index contributed by atoms with van der Waals surface area (Å²) in [5.74, 6) is 1.19. The van der Waals surface area contributed by atoms with Gasteiger partial charge in [-0.1, -0.05) is 0 Å². The third kappa shape index (κ3) is 3.32. The molecular formula is C13H20N2O3S. The molecule has 1 saturated heterocycles. The van der Waals surface area contributed by atoms with Crippen LogP contribution in [0.4, 0.5) is 11.4 Å². The molecule has 106 valence electrons. The number of nitrogens with two attached hydrogens (primary N) is 1. The van der Waals surface area contributed by atoms with Crippen molar-refractivity contribution in [2.75, 3.05) is 35.8 Å². The SMILES string of the molecule is CCOc1cc(N)cc(N(C)C2CCS(=O)(=O)C2)c1. The van der Waals surface area contributed by atoms with E-state index in [0.717, 1.165) is 5.69 Å². The Hall–Kier alpha value is -1.43. The molecule has 1 unspecified atom stereocenters. The van der Waals surface area contributed by atoms with E-state index >= 15 is 0 Å². The molecule has 5 nitrogen and oxygen atoms in total. The molecule has 1 aliphatic rings. The molecule has 0 amide bonds. The zero-order valence-electron chi connectivity index (χ0n) is 11.3. The van der Waals surface area contributed by atoms with Crippen molar-refractivity contribution in [3.05, 3.63) is 18.2 Å². The van der Waals surface area contributed by atoms with Gasteiger partial charge in [-0.25, -0.2) is 8.42 Å². The van der Waals surface area contributed by atoms with Crippen molar-refractivity contribution in [3.8, 4) is 5.75 Å². The zero-order chi connectivity index (χ0) is 14.0. The Labute approximate surface area is 114 Å². The maximum atomic E-state index is 11.5. The summed E-state index contributed by atoms with van der Waals surface area (Å²) in [6.07, 6.45) is 0.664. The number of nitrogen functional groups attached to an aromatic ring is 1. The van der Waals surface area contributed by atoms with E-state index in [1.165, 1.54) is 0 Å². The van der Waals surface area contributed by atoms with Gasteiger partial charge < -0.3 is 15.4 Å². The molecule has 2 N–H and O–H groups in total. The first-order chi connectivity index (χ1) is 8.91. The fraction of sp³-hybridized carbons (Fsp3) is 0.538. The molecule has 1 atom stereocenters. The fourth-order valence-corrected chi connectivity index (χ4v) is 4.13. The van der Waals surface area contributed by atoms with Crippen LogP contribution in [0.1, 0.15) is 13.3 Å². The van der Waals surface area contributed by atoms with E-state index in [4.69, 9.17) is 10.5 Å². The number of benzene rings is 1. The zero-order valence-corrected chi connectivity index (χ0v) is 12.1. The number of hydrogen-bond acceptors (Lipinski definition) is 5. The highest BCUT2D eigenvalue weighted by atomic mass is 32.2. The summed E-state index contributed by atoms with van der Waals surface area (Å²) in [4.78, 5) is 1.98. The molecule has 19 heavy (non-hydrogen) atoms. The second kappa shape index (κ2) is 5.28. The molecule has 1 aliphatic heterocycles. The molecule has 0 bridgehead atoms. The lowest BCUT2D eigenvalue weighted by Crippen LogP contribution is -2.32. The molecule has 6 heteroatoms. The van der Waals surface area contributed by atoms with Crippen LogP contribution in [0.15, 0.2) is 18.2 Å². The molecule has 0 radical (unpaired) electrons. The second-order valence-corrected chi connectivity index (χ2v) is 7.09. The Kier molecular flexibility index (Phi) is 3.89. The minimum atomic E-state index is -2.88. The minimum absolute atomic E-state index is 0.0151. The minimum Gasteiger partial charge on any atom is -0.494 e. The third-order valence-electron chi connectivity index (χ3n) is 3.39. The Morgan fingerprint density at radius 1 is 1.42 bits per heavy atom. The molecule has 0 aromatic heterocycles. The average molecular weight is 284 g/mol. The number of sulfone groups is 1. The largest absolute Gasteiger partial charge is 0.494 e. The fourth-order valence-electron chi connectivity index (χ4n) is 2.35. The summed E-state index contributed by atoms with van der Waals surface area (Å²) in [6.45, 7) is 2.49. The molecule has 0 aliphatic carbocycles. The summed E-state index contributed by atoms with van der Waals surface area (Å²) in [7, 11) is -0.984. The highest BCUT2D eigenvalue weighted by molar-refractivity contribution is 7.91. The number of ether oxygens (including phenoxy) is 1. The average Bonchev–Trinajstić information content (AvgIpc) is 2.68. The van der Waals surface area contributed by atoms with Crippen LogP contribution in [0.5, 0.6) is 5.75 Å². The van der Waals surface area contributed by atoms with E-state index in [2.05, 4.69) is 0 Å². The molecule has 0 spiro atoms. The van der Waals surface area contributed by atoms with Gasteiger partial charge in [0.05, 0.1) is 18.1 Å². The predicted octanol–water partition coefficient (Wildman–Crippen LogP) is 1.29. The summed E-state index contributed by atoms with van der Waals surface area (Å²) in [6, 6.07) is 5.52. The van der Waals surface area contributed by atoms with E-state index < -0.39 is 9.84 Å². The summed E-state index contributed by atoms with van der Waals surface area (Å²) < 4.78 is 28.5. The maximum Gasteiger partial charge on any atom is 0.152 e. The Morgan fingerprint density at radius 3 is 2.74 bits per heavy atom. The first-order valence-electron chi connectivity index (χ1n) is 6.38. The quantitative estimate of drug-likeness (QED) is 0.844. The molecule has 1 aromatic rings. The van der Waals surface area contributed by atoms with Crippen molar-refractivity contribution in [1.29, 1.82) is 0 Å². The highest BCUT2D eigenvalue weighted by Crippen LogP contribution is 2.28. The van der Waals surface area contributed by atoms with Crippen LogP contribution < -0.4 is 15.4 Å². The topological polar surface area (TPSA) is 72.6 Å². The molecule has 1 aromatic carbocycles. The van der Waals surface area contributed by atoms with Gasteiger partial charge in [-0.2, -0.15) is 0 Å². The first-order valence-corrected chi connectivity index (χ1v) is 8.20. The number of rotatable bonds is 4. The second-order valence-electron chi connectivity index (χ2n) is 4.86. The maximum absolute atomic E-state index is 11.5. The summed E-state index contributed by atoms with van der Waals surface area (Å²) in [5.41, 5.74) is 7.37. The number of hydrogen-bond donors (Lipinski definition) is 1. The molecular weight excluding hydrogens is 264 g/mol. The van der Waals surface area contributed by atoms with E-state index in [9.17, 15) is 8.42 Å². The molecule has 1 heterocycles. The number of nitrogens with zero attached hydrogens (tertiary/aromatic N) is 1.